The number of rotatable bonds is 1. The molecular formula is C12H14O4S. The predicted octanol–water partition coefficient (Wildman–Crippen LogP) is 2.67. The van der Waals surface area contributed by atoms with E-state index in [1.807, 2.05) is 6.92 Å². The smallest absolute Gasteiger partial charge is 0.437 e. The van der Waals surface area contributed by atoms with Crippen LogP contribution >= 0.6 is 11.8 Å². The van der Waals surface area contributed by atoms with Crippen molar-refractivity contribution < 1.29 is 19.4 Å². The Morgan fingerprint density at radius 2 is 2.29 bits per heavy atom. The van der Waals surface area contributed by atoms with E-state index in [4.69, 9.17) is 4.74 Å². The average molecular weight is 254 g/mol. The summed E-state index contributed by atoms with van der Waals surface area (Å²) < 4.78 is 9.50. The molecular weight excluding hydrogens is 240 g/mol. The minimum atomic E-state index is -0.727. The first-order valence-electron chi connectivity index (χ1n) is 5.33. The molecule has 0 aromatic heterocycles. The molecule has 0 radical (unpaired) electrons. The van der Waals surface area contributed by atoms with Crippen LogP contribution in [-0.2, 0) is 4.74 Å². The van der Waals surface area contributed by atoms with E-state index in [1.165, 1.54) is 7.11 Å². The Morgan fingerprint density at radius 3 is 3.00 bits per heavy atom. The van der Waals surface area contributed by atoms with Gasteiger partial charge in [0.2, 0.25) is 0 Å². The summed E-state index contributed by atoms with van der Waals surface area (Å²) in [4.78, 5) is 12.1. The van der Waals surface area contributed by atoms with Gasteiger partial charge in [-0.2, -0.15) is 0 Å². The van der Waals surface area contributed by atoms with Crippen molar-refractivity contribution in [2.45, 2.75) is 24.3 Å². The number of methoxy groups -OCH3 is 1. The van der Waals surface area contributed by atoms with Gasteiger partial charge in [0.1, 0.15) is 5.75 Å². The molecule has 1 aliphatic heterocycles. The summed E-state index contributed by atoms with van der Waals surface area (Å²) in [5, 5.41) is 9.86. The summed E-state index contributed by atoms with van der Waals surface area (Å²) in [7, 11) is 1.27. The van der Waals surface area contributed by atoms with Gasteiger partial charge >= 0.3 is 6.16 Å². The van der Waals surface area contributed by atoms with E-state index in [0.29, 0.717) is 5.75 Å². The lowest BCUT2D eigenvalue weighted by Gasteiger charge is -2.23. The predicted molar refractivity (Wildman–Crippen MR) is 64.5 cm³/mol. The fourth-order valence-corrected chi connectivity index (χ4v) is 3.05. The Kier molecular flexibility index (Phi) is 3.59. The zero-order chi connectivity index (χ0) is 12.4. The molecule has 0 spiro atoms. The van der Waals surface area contributed by atoms with Crippen LogP contribution in [0.2, 0.25) is 0 Å². The highest BCUT2D eigenvalue weighted by Gasteiger charge is 2.22. The summed E-state index contributed by atoms with van der Waals surface area (Å²) in [5.74, 6) is 1.36. The molecule has 1 aliphatic rings. The van der Waals surface area contributed by atoms with Gasteiger partial charge in [-0.15, -0.1) is 11.8 Å². The second kappa shape index (κ2) is 4.98. The molecule has 1 heterocycles. The summed E-state index contributed by atoms with van der Waals surface area (Å²) in [6, 6.07) is 3.50. The number of thioether (sulfide) groups is 1. The van der Waals surface area contributed by atoms with Crippen molar-refractivity contribution in [1.29, 1.82) is 0 Å². The van der Waals surface area contributed by atoms with Crippen LogP contribution in [0.3, 0.4) is 0 Å². The van der Waals surface area contributed by atoms with Crippen LogP contribution in [0.5, 0.6) is 5.75 Å². The van der Waals surface area contributed by atoms with Gasteiger partial charge in [0.15, 0.2) is 0 Å². The van der Waals surface area contributed by atoms with E-state index in [-0.39, 0.29) is 0 Å². The SMILES string of the molecule is COC(=O)Oc1ccc2c(c1C)SCCC2O. The van der Waals surface area contributed by atoms with E-state index in [0.717, 1.165) is 28.2 Å². The van der Waals surface area contributed by atoms with Gasteiger partial charge in [0, 0.05) is 16.2 Å². The van der Waals surface area contributed by atoms with Gasteiger partial charge in [-0.05, 0) is 25.0 Å². The number of carbonyl (C=O) groups excluding carboxylic acids is 1. The number of hydrogen-bond acceptors (Lipinski definition) is 5. The molecule has 17 heavy (non-hydrogen) atoms. The topological polar surface area (TPSA) is 55.8 Å². The quantitative estimate of drug-likeness (QED) is 0.616. The molecule has 92 valence electrons. The fraction of sp³-hybridized carbons (Fsp3) is 0.417. The molecule has 1 unspecified atom stereocenters. The molecule has 2 rings (SSSR count). The average Bonchev–Trinajstić information content (AvgIpc) is 2.33. The monoisotopic (exact) mass is 254 g/mol. The number of ether oxygens (including phenoxy) is 2. The molecule has 4 nitrogen and oxygen atoms in total. The Morgan fingerprint density at radius 1 is 1.53 bits per heavy atom. The number of aliphatic hydroxyl groups excluding tert-OH is 1. The first-order chi connectivity index (χ1) is 8.13. The molecule has 1 aromatic rings. The molecule has 1 atom stereocenters. The van der Waals surface area contributed by atoms with E-state index in [9.17, 15) is 9.90 Å². The van der Waals surface area contributed by atoms with Crippen molar-refractivity contribution >= 4 is 17.9 Å². The highest BCUT2D eigenvalue weighted by Crippen LogP contribution is 2.41. The molecule has 0 bridgehead atoms. The molecule has 0 saturated carbocycles. The van der Waals surface area contributed by atoms with Gasteiger partial charge < -0.3 is 14.6 Å². The van der Waals surface area contributed by atoms with Crippen molar-refractivity contribution in [3.05, 3.63) is 23.3 Å². The second-order valence-electron chi connectivity index (χ2n) is 3.82. The van der Waals surface area contributed by atoms with Crippen LogP contribution in [0.1, 0.15) is 23.7 Å². The molecule has 5 heteroatoms. The third kappa shape index (κ3) is 2.40. The largest absolute Gasteiger partial charge is 0.513 e. The van der Waals surface area contributed by atoms with Crippen LogP contribution in [-0.4, -0.2) is 24.1 Å². The lowest BCUT2D eigenvalue weighted by atomic mass is 10.0. The maximum Gasteiger partial charge on any atom is 0.513 e. The Hall–Kier alpha value is -1.20. The van der Waals surface area contributed by atoms with Crippen molar-refractivity contribution in [1.82, 2.24) is 0 Å². The van der Waals surface area contributed by atoms with Crippen molar-refractivity contribution in [2.75, 3.05) is 12.9 Å². The minimum Gasteiger partial charge on any atom is -0.437 e. The highest BCUT2D eigenvalue weighted by atomic mass is 32.2. The molecule has 0 amide bonds. The zero-order valence-electron chi connectivity index (χ0n) is 9.73. The van der Waals surface area contributed by atoms with Crippen LogP contribution in [0.25, 0.3) is 0 Å². The standard InChI is InChI=1S/C12H14O4S/c1-7-10(16-12(14)15-2)4-3-8-9(13)5-6-17-11(7)8/h3-4,9,13H,5-6H2,1-2H3. The molecule has 0 aliphatic carbocycles. The Labute approximate surface area is 104 Å². The number of aliphatic hydroxyl groups is 1. The van der Waals surface area contributed by atoms with Crippen LogP contribution < -0.4 is 4.74 Å². The maximum absolute atomic E-state index is 11.1. The number of carbonyl (C=O) groups is 1. The van der Waals surface area contributed by atoms with E-state index in [2.05, 4.69) is 4.74 Å². The lowest BCUT2D eigenvalue weighted by molar-refractivity contribution is 0.121. The summed E-state index contributed by atoms with van der Waals surface area (Å²) >= 11 is 1.68. The number of hydrogen-bond donors (Lipinski definition) is 1. The van der Waals surface area contributed by atoms with Crippen molar-refractivity contribution in [3.8, 4) is 5.75 Å². The fourth-order valence-electron chi connectivity index (χ4n) is 1.82. The molecule has 0 saturated heterocycles. The van der Waals surface area contributed by atoms with Crippen LogP contribution in [0.15, 0.2) is 17.0 Å². The van der Waals surface area contributed by atoms with Crippen molar-refractivity contribution in [3.63, 3.8) is 0 Å². The van der Waals surface area contributed by atoms with Gasteiger partial charge in [0.05, 0.1) is 13.2 Å². The minimum absolute atomic E-state index is 0.419. The maximum atomic E-state index is 11.1. The van der Waals surface area contributed by atoms with Gasteiger partial charge in [-0.25, -0.2) is 4.79 Å². The number of benzene rings is 1. The molecule has 1 aromatic carbocycles. The Balaban J connectivity index is 2.35. The zero-order valence-corrected chi connectivity index (χ0v) is 10.5. The van der Waals surface area contributed by atoms with Crippen LogP contribution in [0.4, 0.5) is 4.79 Å². The van der Waals surface area contributed by atoms with Gasteiger partial charge in [0.25, 0.3) is 0 Å². The second-order valence-corrected chi connectivity index (χ2v) is 4.92. The number of fused-ring (bicyclic) bond motifs is 1. The summed E-state index contributed by atoms with van der Waals surface area (Å²) in [6.07, 6.45) is -0.388. The van der Waals surface area contributed by atoms with E-state index in [1.54, 1.807) is 23.9 Å². The van der Waals surface area contributed by atoms with Crippen LogP contribution in [0, 0.1) is 6.92 Å². The van der Waals surface area contributed by atoms with E-state index < -0.39 is 12.3 Å². The highest BCUT2D eigenvalue weighted by molar-refractivity contribution is 7.99. The summed E-state index contributed by atoms with van der Waals surface area (Å²) in [5.41, 5.74) is 1.78. The van der Waals surface area contributed by atoms with Gasteiger partial charge in [-0.3, -0.25) is 0 Å². The lowest BCUT2D eigenvalue weighted by Crippen LogP contribution is -2.11. The molecule has 1 N–H and O–H groups in total. The first-order valence-corrected chi connectivity index (χ1v) is 6.32. The van der Waals surface area contributed by atoms with Gasteiger partial charge in [-0.1, -0.05) is 6.07 Å². The summed E-state index contributed by atoms with van der Waals surface area (Å²) in [6.45, 7) is 1.88. The van der Waals surface area contributed by atoms with Crippen molar-refractivity contribution in [2.24, 2.45) is 0 Å². The first kappa shape index (κ1) is 12.3. The third-order valence-corrected chi connectivity index (χ3v) is 4.01. The normalized spacial score (nSPS) is 18.4. The Bertz CT molecular complexity index is 444. The van der Waals surface area contributed by atoms with E-state index >= 15 is 0 Å². The third-order valence-electron chi connectivity index (χ3n) is 2.74. The molecule has 0 fully saturated rings.